The fraction of sp³-hybridized carbons (Fsp3) is 0.847. The van der Waals surface area contributed by atoms with Crippen LogP contribution in [-0.2, 0) is 48.9 Å². The molecular weight excluding hydrogens is 1470 g/mol. The van der Waals surface area contributed by atoms with E-state index >= 15 is 0 Å². The quantitative estimate of drug-likeness (QED) is 0.0799. The Morgan fingerprint density at radius 2 is 0.661 bits per heavy atom. The van der Waals surface area contributed by atoms with Gasteiger partial charge in [-0.2, -0.15) is 0 Å². The van der Waals surface area contributed by atoms with Crippen LogP contribution in [0.25, 0.3) is 0 Å². The normalized spacial score (nSPS) is 30.3. The predicted octanol–water partition coefficient (Wildman–Crippen LogP) is 29.8. The van der Waals surface area contributed by atoms with Crippen molar-refractivity contribution < 1.29 is 38.1 Å². The summed E-state index contributed by atoms with van der Waals surface area (Å²) >= 11 is 0. The van der Waals surface area contributed by atoms with E-state index in [0.29, 0.717) is 30.7 Å². The Kier molecular flexibility index (Phi) is 31.5. The van der Waals surface area contributed by atoms with Crippen LogP contribution in [0.4, 0.5) is 0 Å². The number of methoxy groups -OCH3 is 2. The minimum Gasteiger partial charge on any atom is -0.459 e. The minimum absolute atomic E-state index is 0.00744. The van der Waals surface area contributed by atoms with Crippen molar-refractivity contribution in [2.45, 2.75) is 439 Å². The van der Waals surface area contributed by atoms with Crippen LogP contribution >= 0.6 is 0 Å². The summed E-state index contributed by atoms with van der Waals surface area (Å²) < 4.78 is 30.4. The lowest BCUT2D eigenvalue weighted by atomic mass is 9.59. The fourth-order valence-corrected chi connectivity index (χ4v) is 71.0. The molecule has 112 heavy (non-hydrogen) atoms. The summed E-state index contributed by atoms with van der Waals surface area (Å²) in [5, 5.41) is 0.279. The van der Waals surface area contributed by atoms with Crippen LogP contribution in [0.2, 0.25) is 123 Å². The molecule has 8 nitrogen and oxygen atoms in total. The van der Waals surface area contributed by atoms with Gasteiger partial charge in [0.05, 0.1) is 54.4 Å². The molecule has 14 heteroatoms. The summed E-state index contributed by atoms with van der Waals surface area (Å²) in [4.78, 5) is 39.0. The molecule has 0 N–H and O–H groups in total. The summed E-state index contributed by atoms with van der Waals surface area (Å²) in [5.74, 6) is 6.35. The van der Waals surface area contributed by atoms with Gasteiger partial charge >= 0.3 is 17.9 Å². The molecule has 4 aliphatic carbocycles. The smallest absolute Gasteiger partial charge is 0.332 e. The highest BCUT2D eigenvalue weighted by Crippen LogP contribution is 2.84. The molecule has 9 unspecified atom stereocenters. The van der Waals surface area contributed by atoms with Crippen molar-refractivity contribution in [2.24, 2.45) is 64.1 Å². The standard InChI is InChI=1S/C33H60O2Si2.C21H44O3Si2.C18H38O3Si2.2C11H16.2C2H6/c1-19-20(2)23-18-22(19)26-21-16-24(27(23)26)25(17-21)28(34)35-29(3,4)33(11)30(5,6)36(12,13)32(9,10)37(14,15)31(33,7)8;1-17(2,24-16(22)15-23-10)21(9)18(3,4)25(11,12)20(7,8)26(13,14)19(21,5)6;1-15(2)18(7,21-14(19)13-20-8)16(3,4)23(11,12)17(5,6)22(15,9)10;2*1-4-11(2,3)10-8-6-5-7-9-10;2*1-2/h19-27H,16-18H2,1-15H3;15H2,1-14H3;13H2,1-12H3;2*5-9H,4H2,1-3H3;2*1-2H3. The number of rotatable bonds is 14. The summed E-state index contributed by atoms with van der Waals surface area (Å²) in [6, 6.07) is 21.3. The van der Waals surface area contributed by atoms with Crippen LogP contribution in [-0.4, -0.2) is 111 Å². The van der Waals surface area contributed by atoms with Gasteiger partial charge in [-0.15, -0.1) is 0 Å². The Bertz CT molecular complexity index is 3330. The maximum atomic E-state index is 14.2. The van der Waals surface area contributed by atoms with Gasteiger partial charge < -0.3 is 23.7 Å². The van der Waals surface area contributed by atoms with E-state index in [0.717, 1.165) is 47.8 Å². The number of carbonyl (C=O) groups excluding carboxylic acids is 3. The van der Waals surface area contributed by atoms with Crippen molar-refractivity contribution in [3.8, 4) is 0 Å². The number of esters is 3. The van der Waals surface area contributed by atoms with Gasteiger partial charge in [-0.25, -0.2) is 9.59 Å². The molecule has 3 aliphatic heterocycles. The molecule has 0 radical (unpaired) electrons. The Morgan fingerprint density at radius 3 is 0.955 bits per heavy atom. The Morgan fingerprint density at radius 1 is 0.384 bits per heavy atom. The highest BCUT2D eigenvalue weighted by Gasteiger charge is 2.82. The summed E-state index contributed by atoms with van der Waals surface area (Å²) in [6.07, 6.45) is 6.22. The fourth-order valence-electron chi connectivity index (χ4n) is 26.4. The van der Waals surface area contributed by atoms with Crippen LogP contribution < -0.4 is 0 Å². The second-order valence-electron chi connectivity index (χ2n) is 47.1. The van der Waals surface area contributed by atoms with Gasteiger partial charge in [-0.1, -0.05) is 361 Å². The van der Waals surface area contributed by atoms with Crippen molar-refractivity contribution in [3.05, 3.63) is 71.8 Å². The molecule has 3 saturated heterocycles. The van der Waals surface area contributed by atoms with Gasteiger partial charge in [-0.05, 0) is 180 Å². The van der Waals surface area contributed by atoms with Crippen LogP contribution in [0.1, 0.15) is 299 Å². The van der Waals surface area contributed by atoms with E-state index in [1.165, 1.54) is 36.8 Å². The lowest BCUT2D eigenvalue weighted by Gasteiger charge is -2.78. The van der Waals surface area contributed by atoms with Crippen molar-refractivity contribution in [3.63, 3.8) is 0 Å². The monoisotopic (exact) mass is 1660 g/mol. The molecule has 4 saturated carbocycles. The number of ether oxygens (including phenoxy) is 5. The molecule has 0 spiro atoms. The summed E-state index contributed by atoms with van der Waals surface area (Å²) in [5.41, 5.74) is 1.68. The largest absolute Gasteiger partial charge is 0.459 e. The molecule has 0 aromatic heterocycles. The molecular formula is C98H186O8Si6. The molecule has 9 atom stereocenters. The lowest BCUT2D eigenvalue weighted by molar-refractivity contribution is -0.187. The van der Waals surface area contributed by atoms with E-state index in [-0.39, 0.29) is 78.1 Å². The lowest BCUT2D eigenvalue weighted by Crippen LogP contribution is -2.78. The number of hydrogen-bond donors (Lipinski definition) is 0. The van der Waals surface area contributed by atoms with Gasteiger partial charge in [0.15, 0.2) is 0 Å². The van der Waals surface area contributed by atoms with Crippen molar-refractivity contribution in [1.29, 1.82) is 0 Å². The molecule has 7 aliphatic rings. The molecule has 3 heterocycles. The van der Waals surface area contributed by atoms with Crippen LogP contribution in [0.5, 0.6) is 0 Å². The highest BCUT2D eigenvalue weighted by molar-refractivity contribution is 7.05. The predicted molar refractivity (Wildman–Crippen MR) is 505 cm³/mol. The molecule has 2 aromatic rings. The third kappa shape index (κ3) is 15.2. The summed E-state index contributed by atoms with van der Waals surface area (Å²) in [7, 11) is -7.47. The van der Waals surface area contributed by atoms with E-state index in [1.807, 2.05) is 27.7 Å². The minimum atomic E-state index is -1.78. The third-order valence-electron chi connectivity index (χ3n) is 42.1. The maximum Gasteiger partial charge on any atom is 0.332 e. The zero-order valence-electron chi connectivity index (χ0n) is 83.7. The number of fused-ring (bicyclic) bond motifs is 9. The van der Waals surface area contributed by atoms with Crippen LogP contribution in [0, 0.1) is 64.1 Å². The first-order valence-electron chi connectivity index (χ1n) is 44.8. The SMILES string of the molecule is CC.CC.CC1C(C)C2CC1C1C3CC(C(=O)OC(C)(C)C4(C)C(C)(C)[Si](C)(C)C(C)(C)[Si](C)(C)C4(C)C)C(C3)C21.CCC(C)(C)c1ccccc1.CCC(C)(C)c1ccccc1.COCC(=O)OC(C)(C)C1(C)C(C)(C)[Si](C)(C)C(C)(C)[Si](C)(C)C1(C)C.COCC(=O)OC1(C)C(C)(C)[Si](C)(C)C(C)(C)[Si](C)(C)C1(C)C. The molecule has 4 bridgehead atoms. The summed E-state index contributed by atoms with van der Waals surface area (Å²) in [6.45, 7) is 118. The first-order valence-corrected chi connectivity index (χ1v) is 62.8. The molecule has 650 valence electrons. The highest BCUT2D eigenvalue weighted by atomic mass is 28.4. The van der Waals surface area contributed by atoms with Crippen LogP contribution in [0.15, 0.2) is 60.7 Å². The number of hydrogen-bond acceptors (Lipinski definition) is 8. The maximum absolute atomic E-state index is 14.2. The first-order chi connectivity index (χ1) is 50.0. The number of carbonyl (C=O) groups is 3. The number of benzene rings is 2. The second-order valence-corrected chi connectivity index (χ2v) is 83.1. The van der Waals surface area contributed by atoms with E-state index in [4.69, 9.17) is 23.7 Å². The Hall–Kier alpha value is -1.93. The molecule has 7 fully saturated rings. The van der Waals surface area contributed by atoms with E-state index in [9.17, 15) is 14.4 Å². The van der Waals surface area contributed by atoms with Gasteiger partial charge in [-0.3, -0.25) is 4.79 Å². The van der Waals surface area contributed by atoms with E-state index in [1.54, 1.807) is 14.2 Å². The molecule has 0 amide bonds. The zero-order chi connectivity index (χ0) is 88.6. The average Bonchev–Trinajstić information content (AvgIpc) is 1.64. The van der Waals surface area contributed by atoms with Crippen molar-refractivity contribution in [2.75, 3.05) is 27.4 Å². The molecule has 9 rings (SSSR count). The van der Waals surface area contributed by atoms with Gasteiger partial charge in [0.25, 0.3) is 0 Å². The van der Waals surface area contributed by atoms with Crippen molar-refractivity contribution >= 4 is 66.4 Å². The topological polar surface area (TPSA) is 97.4 Å². The van der Waals surface area contributed by atoms with Gasteiger partial charge in [0, 0.05) is 25.0 Å². The molecule has 2 aromatic carbocycles. The van der Waals surface area contributed by atoms with Gasteiger partial charge in [0.2, 0.25) is 0 Å². The average molecular weight is 1660 g/mol. The Balaban J connectivity index is 0.000000383. The first kappa shape index (κ1) is 104. The van der Waals surface area contributed by atoms with Crippen LogP contribution in [0.3, 0.4) is 0 Å². The van der Waals surface area contributed by atoms with E-state index in [2.05, 4.69) is 368 Å². The Labute approximate surface area is 701 Å². The van der Waals surface area contributed by atoms with Crippen molar-refractivity contribution in [1.82, 2.24) is 0 Å². The second kappa shape index (κ2) is 33.8. The van der Waals surface area contributed by atoms with Gasteiger partial charge in [0.1, 0.15) is 30.0 Å². The van der Waals surface area contributed by atoms with E-state index < -0.39 is 65.2 Å². The third-order valence-corrected chi connectivity index (χ3v) is 93.8. The zero-order valence-corrected chi connectivity index (χ0v) is 89.7.